The quantitative estimate of drug-likeness (QED) is 0.642. The van der Waals surface area contributed by atoms with Crippen molar-refractivity contribution in [1.29, 1.82) is 0 Å². The average molecular weight is 374 g/mol. The van der Waals surface area contributed by atoms with Gasteiger partial charge in [-0.25, -0.2) is 0 Å². The molecule has 20 heavy (non-hydrogen) atoms. The molecule has 106 valence electrons. The number of carbonyl (C=O) groups excluding carboxylic acids is 1. The van der Waals surface area contributed by atoms with Crippen LogP contribution in [-0.2, 0) is 4.79 Å². The summed E-state index contributed by atoms with van der Waals surface area (Å²) in [4.78, 5) is 11.7. The number of carbonyl (C=O) groups is 1. The highest BCUT2D eigenvalue weighted by Crippen LogP contribution is 2.23. The molecule has 8 heteroatoms. The van der Waals surface area contributed by atoms with Crippen LogP contribution in [0.15, 0.2) is 27.0 Å². The zero-order valence-electron chi connectivity index (χ0n) is 10.8. The van der Waals surface area contributed by atoms with Gasteiger partial charge in [0.05, 0.1) is 0 Å². The van der Waals surface area contributed by atoms with Gasteiger partial charge in [0.1, 0.15) is 5.75 Å². The molecule has 1 aromatic carbocycles. The third kappa shape index (κ3) is 4.19. The summed E-state index contributed by atoms with van der Waals surface area (Å²) >= 11 is 6.23. The SMILES string of the molecule is CSc1nnc(NC(=O)COc2ccc(Br)c(C)c2)s1. The lowest BCUT2D eigenvalue weighted by Crippen LogP contribution is -2.20. The largest absolute Gasteiger partial charge is 0.484 e. The molecule has 1 amide bonds. The Bertz CT molecular complexity index is 618. The number of nitrogens with one attached hydrogen (secondary N) is 1. The Hall–Kier alpha value is -1.12. The first-order chi connectivity index (χ1) is 9.58. The number of rotatable bonds is 5. The maximum Gasteiger partial charge on any atom is 0.264 e. The van der Waals surface area contributed by atoms with Gasteiger partial charge in [-0.2, -0.15) is 0 Å². The minimum absolute atomic E-state index is 0.0603. The second kappa shape index (κ2) is 7.05. The summed E-state index contributed by atoms with van der Waals surface area (Å²) in [6.07, 6.45) is 1.91. The van der Waals surface area contributed by atoms with Crippen LogP contribution in [-0.4, -0.2) is 29.0 Å². The topological polar surface area (TPSA) is 64.1 Å². The number of hydrogen-bond acceptors (Lipinski definition) is 6. The van der Waals surface area contributed by atoms with E-state index in [1.807, 2.05) is 25.3 Å². The number of halogens is 1. The maximum absolute atomic E-state index is 11.7. The summed E-state index contributed by atoms with van der Waals surface area (Å²) in [5.74, 6) is 0.400. The zero-order valence-corrected chi connectivity index (χ0v) is 14.1. The van der Waals surface area contributed by atoms with Crippen molar-refractivity contribution < 1.29 is 9.53 Å². The van der Waals surface area contributed by atoms with Crippen molar-refractivity contribution in [1.82, 2.24) is 10.2 Å². The Morgan fingerprint density at radius 3 is 2.95 bits per heavy atom. The van der Waals surface area contributed by atoms with E-state index < -0.39 is 0 Å². The van der Waals surface area contributed by atoms with Crippen LogP contribution in [0.5, 0.6) is 5.75 Å². The molecule has 0 saturated carbocycles. The van der Waals surface area contributed by atoms with E-state index in [0.29, 0.717) is 10.9 Å². The highest BCUT2D eigenvalue weighted by Gasteiger charge is 2.08. The van der Waals surface area contributed by atoms with Crippen molar-refractivity contribution >= 4 is 50.1 Å². The van der Waals surface area contributed by atoms with E-state index in [0.717, 1.165) is 14.4 Å². The second-order valence-electron chi connectivity index (χ2n) is 3.83. The number of thioether (sulfide) groups is 1. The molecule has 0 radical (unpaired) electrons. The highest BCUT2D eigenvalue weighted by molar-refractivity contribution is 9.10. The molecule has 1 aromatic heterocycles. The van der Waals surface area contributed by atoms with Gasteiger partial charge in [0.25, 0.3) is 5.91 Å². The molecule has 0 spiro atoms. The first kappa shape index (κ1) is 15.3. The van der Waals surface area contributed by atoms with Crippen LogP contribution < -0.4 is 10.1 Å². The number of benzene rings is 1. The number of aryl methyl sites for hydroxylation is 1. The van der Waals surface area contributed by atoms with Gasteiger partial charge < -0.3 is 4.74 Å². The van der Waals surface area contributed by atoms with Gasteiger partial charge in [0.15, 0.2) is 10.9 Å². The molecule has 0 aliphatic carbocycles. The van der Waals surface area contributed by atoms with Crippen LogP contribution >= 0.6 is 39.0 Å². The number of aromatic nitrogens is 2. The van der Waals surface area contributed by atoms with Gasteiger partial charge in [0, 0.05) is 4.47 Å². The van der Waals surface area contributed by atoms with Crippen molar-refractivity contribution in [2.75, 3.05) is 18.2 Å². The van der Waals surface area contributed by atoms with Gasteiger partial charge in [-0.05, 0) is 36.9 Å². The van der Waals surface area contributed by atoms with Crippen molar-refractivity contribution in [3.63, 3.8) is 0 Å². The van der Waals surface area contributed by atoms with Crippen molar-refractivity contribution in [3.05, 3.63) is 28.2 Å². The fraction of sp³-hybridized carbons (Fsp3) is 0.250. The summed E-state index contributed by atoms with van der Waals surface area (Å²) in [7, 11) is 0. The molecule has 0 unspecified atom stereocenters. The predicted molar refractivity (Wildman–Crippen MR) is 84.7 cm³/mol. The van der Waals surface area contributed by atoms with Crippen LogP contribution in [0.1, 0.15) is 5.56 Å². The van der Waals surface area contributed by atoms with Crippen molar-refractivity contribution in [2.24, 2.45) is 0 Å². The van der Waals surface area contributed by atoms with Crippen molar-refractivity contribution in [2.45, 2.75) is 11.3 Å². The third-order valence-corrected chi connectivity index (χ3v) is 5.03. The van der Waals surface area contributed by atoms with E-state index in [1.54, 1.807) is 6.07 Å². The molecule has 0 fully saturated rings. The molecule has 2 rings (SSSR count). The molecule has 0 aliphatic rings. The normalized spacial score (nSPS) is 10.3. The van der Waals surface area contributed by atoms with Gasteiger partial charge in [-0.1, -0.05) is 39.0 Å². The van der Waals surface area contributed by atoms with E-state index in [2.05, 4.69) is 31.4 Å². The number of hydrogen-bond donors (Lipinski definition) is 1. The van der Waals surface area contributed by atoms with E-state index >= 15 is 0 Å². The average Bonchev–Trinajstić information content (AvgIpc) is 2.88. The minimum Gasteiger partial charge on any atom is -0.484 e. The summed E-state index contributed by atoms with van der Waals surface area (Å²) in [6, 6.07) is 5.56. The molecule has 1 N–H and O–H groups in total. The van der Waals surface area contributed by atoms with Crippen LogP contribution in [0.3, 0.4) is 0 Å². The molecule has 0 saturated heterocycles. The fourth-order valence-corrected chi connectivity index (χ4v) is 2.79. The molecule has 1 heterocycles. The molecule has 0 bridgehead atoms. The molecule has 0 aliphatic heterocycles. The number of nitrogens with zero attached hydrogens (tertiary/aromatic N) is 2. The van der Waals surface area contributed by atoms with Crippen molar-refractivity contribution in [3.8, 4) is 5.75 Å². The van der Waals surface area contributed by atoms with Crippen LogP contribution in [0.4, 0.5) is 5.13 Å². The van der Waals surface area contributed by atoms with E-state index in [1.165, 1.54) is 23.1 Å². The summed E-state index contributed by atoms with van der Waals surface area (Å²) < 4.78 is 7.24. The molecule has 2 aromatic rings. The lowest BCUT2D eigenvalue weighted by Gasteiger charge is -2.07. The highest BCUT2D eigenvalue weighted by atomic mass is 79.9. The minimum atomic E-state index is -0.255. The molecule has 5 nitrogen and oxygen atoms in total. The third-order valence-electron chi connectivity index (χ3n) is 2.33. The predicted octanol–water partition coefficient (Wildman–Crippen LogP) is 3.35. The Morgan fingerprint density at radius 1 is 1.50 bits per heavy atom. The van der Waals surface area contributed by atoms with Gasteiger partial charge in [-0.3, -0.25) is 10.1 Å². The lowest BCUT2D eigenvalue weighted by molar-refractivity contribution is -0.118. The smallest absolute Gasteiger partial charge is 0.264 e. The summed E-state index contributed by atoms with van der Waals surface area (Å²) in [5, 5.41) is 10.9. The van der Waals surface area contributed by atoms with E-state index in [4.69, 9.17) is 4.74 Å². The Labute approximate surface area is 133 Å². The Kier molecular flexibility index (Phi) is 5.38. The number of ether oxygens (including phenoxy) is 1. The summed E-state index contributed by atoms with van der Waals surface area (Å²) in [5.41, 5.74) is 1.05. The van der Waals surface area contributed by atoms with Gasteiger partial charge in [0.2, 0.25) is 5.13 Å². The molecule has 0 atom stereocenters. The fourth-order valence-electron chi connectivity index (χ4n) is 1.35. The zero-order chi connectivity index (χ0) is 14.5. The van der Waals surface area contributed by atoms with Crippen LogP contribution in [0.25, 0.3) is 0 Å². The summed E-state index contributed by atoms with van der Waals surface area (Å²) in [6.45, 7) is 1.90. The van der Waals surface area contributed by atoms with Crippen LogP contribution in [0, 0.1) is 6.92 Å². The van der Waals surface area contributed by atoms with E-state index in [9.17, 15) is 4.79 Å². The van der Waals surface area contributed by atoms with E-state index in [-0.39, 0.29) is 12.5 Å². The first-order valence-corrected chi connectivity index (χ1v) is 8.48. The maximum atomic E-state index is 11.7. The standard InChI is InChI=1S/C12H12BrN3O2S2/c1-7-5-8(3-4-9(7)13)18-6-10(17)14-11-15-16-12(19-2)20-11/h3-5H,6H2,1-2H3,(H,14,15,17). The lowest BCUT2D eigenvalue weighted by atomic mass is 10.2. The molecular formula is C12H12BrN3O2S2. The second-order valence-corrected chi connectivity index (χ2v) is 6.71. The van der Waals surface area contributed by atoms with Gasteiger partial charge >= 0.3 is 0 Å². The number of amides is 1. The number of anilines is 1. The van der Waals surface area contributed by atoms with Crippen LogP contribution in [0.2, 0.25) is 0 Å². The Balaban J connectivity index is 1.87. The van der Waals surface area contributed by atoms with Gasteiger partial charge in [-0.15, -0.1) is 10.2 Å². The Morgan fingerprint density at radius 2 is 2.30 bits per heavy atom. The first-order valence-electron chi connectivity index (χ1n) is 5.65. The molecular weight excluding hydrogens is 362 g/mol. The monoisotopic (exact) mass is 373 g/mol.